The quantitative estimate of drug-likeness (QED) is 0.829. The molecule has 0 aliphatic carbocycles. The normalized spacial score (nSPS) is 11.6. The predicted molar refractivity (Wildman–Crippen MR) is 80.5 cm³/mol. The highest BCUT2D eigenvalue weighted by Crippen LogP contribution is 2.19. The van der Waals surface area contributed by atoms with Crippen molar-refractivity contribution in [2.75, 3.05) is 0 Å². The Labute approximate surface area is 131 Å². The lowest BCUT2D eigenvalue weighted by molar-refractivity contribution is -0.141. The van der Waals surface area contributed by atoms with Crippen molar-refractivity contribution in [3.63, 3.8) is 0 Å². The van der Waals surface area contributed by atoms with Gasteiger partial charge in [0.05, 0.1) is 5.56 Å². The Morgan fingerprint density at radius 2 is 1.78 bits per heavy atom. The van der Waals surface area contributed by atoms with Gasteiger partial charge in [-0.25, -0.2) is 9.18 Å². The number of halogens is 1. The molecule has 5 nitrogen and oxygen atoms in total. The molecular weight excluding hydrogens is 301 g/mol. The van der Waals surface area contributed by atoms with E-state index < -0.39 is 29.5 Å². The van der Waals surface area contributed by atoms with Crippen molar-refractivity contribution in [1.29, 1.82) is 0 Å². The van der Waals surface area contributed by atoms with Crippen molar-refractivity contribution in [2.45, 2.75) is 13.0 Å². The van der Waals surface area contributed by atoms with Gasteiger partial charge in [-0.3, -0.25) is 9.59 Å². The largest absolute Gasteiger partial charge is 0.479 e. The molecule has 0 aromatic heterocycles. The van der Waals surface area contributed by atoms with E-state index in [1.165, 1.54) is 55.5 Å². The average Bonchev–Trinajstić information content (AvgIpc) is 2.52. The van der Waals surface area contributed by atoms with Crippen LogP contribution in [0.4, 0.5) is 4.39 Å². The molecule has 2 N–H and O–H groups in total. The van der Waals surface area contributed by atoms with Crippen LogP contribution in [-0.2, 0) is 9.59 Å². The minimum Gasteiger partial charge on any atom is -0.479 e. The molecule has 2 aromatic rings. The van der Waals surface area contributed by atoms with Gasteiger partial charge in [0.1, 0.15) is 5.82 Å². The van der Waals surface area contributed by atoms with Gasteiger partial charge in [0.15, 0.2) is 11.8 Å². The van der Waals surface area contributed by atoms with Crippen LogP contribution in [0.25, 0.3) is 0 Å². The Hall–Kier alpha value is -3.02. The van der Waals surface area contributed by atoms with Gasteiger partial charge in [0, 0.05) is 12.5 Å². The second kappa shape index (κ2) is 6.83. The lowest BCUT2D eigenvalue weighted by Gasteiger charge is -2.14. The van der Waals surface area contributed by atoms with Crippen LogP contribution >= 0.6 is 0 Å². The highest BCUT2D eigenvalue weighted by molar-refractivity contribution is 6.09. The number of hydrogen-bond donors (Lipinski definition) is 2. The van der Waals surface area contributed by atoms with Crippen LogP contribution in [0.3, 0.4) is 0 Å². The Morgan fingerprint density at radius 1 is 1.09 bits per heavy atom. The summed E-state index contributed by atoms with van der Waals surface area (Å²) in [7, 11) is 0. The highest BCUT2D eigenvalue weighted by Gasteiger charge is 2.22. The summed E-state index contributed by atoms with van der Waals surface area (Å²) in [5.74, 6) is -2.98. The molecule has 2 rings (SSSR count). The van der Waals surface area contributed by atoms with E-state index in [9.17, 15) is 23.9 Å². The van der Waals surface area contributed by atoms with E-state index in [1.807, 2.05) is 0 Å². The minimum absolute atomic E-state index is 0.101. The van der Waals surface area contributed by atoms with Crippen molar-refractivity contribution in [3.05, 3.63) is 71.0 Å². The summed E-state index contributed by atoms with van der Waals surface area (Å²) in [6.07, 6.45) is 0. The first-order chi connectivity index (χ1) is 10.9. The van der Waals surface area contributed by atoms with E-state index >= 15 is 0 Å². The molecule has 0 saturated heterocycles. The van der Waals surface area contributed by atoms with Crippen LogP contribution in [0.5, 0.6) is 0 Å². The molecule has 0 radical (unpaired) electrons. The van der Waals surface area contributed by atoms with Crippen LogP contribution in [0, 0.1) is 5.82 Å². The highest BCUT2D eigenvalue weighted by atomic mass is 19.1. The van der Waals surface area contributed by atoms with Gasteiger partial charge in [-0.05, 0) is 23.8 Å². The van der Waals surface area contributed by atoms with E-state index in [0.717, 1.165) is 0 Å². The lowest BCUT2D eigenvalue weighted by Crippen LogP contribution is -2.32. The number of hydrogen-bond acceptors (Lipinski definition) is 3. The van der Waals surface area contributed by atoms with Crippen LogP contribution in [0.15, 0.2) is 48.5 Å². The van der Waals surface area contributed by atoms with Gasteiger partial charge < -0.3 is 10.4 Å². The fourth-order valence-corrected chi connectivity index (χ4v) is 2.15. The molecule has 0 aliphatic rings. The third kappa shape index (κ3) is 3.79. The van der Waals surface area contributed by atoms with E-state index in [1.54, 1.807) is 0 Å². The summed E-state index contributed by atoms with van der Waals surface area (Å²) < 4.78 is 13.7. The Balaban J connectivity index is 2.39. The van der Waals surface area contributed by atoms with E-state index in [4.69, 9.17) is 0 Å². The summed E-state index contributed by atoms with van der Waals surface area (Å²) in [6, 6.07) is 10.0. The number of aliphatic carboxylic acids is 1. The molecule has 0 aliphatic heterocycles. The third-order valence-corrected chi connectivity index (χ3v) is 3.20. The number of carbonyl (C=O) groups is 3. The van der Waals surface area contributed by atoms with Crippen molar-refractivity contribution in [2.24, 2.45) is 0 Å². The maximum absolute atomic E-state index is 13.7. The third-order valence-electron chi connectivity index (χ3n) is 3.20. The van der Waals surface area contributed by atoms with Gasteiger partial charge in [-0.1, -0.05) is 30.3 Å². The Bertz CT molecular complexity index is 773. The van der Waals surface area contributed by atoms with Crippen molar-refractivity contribution in [1.82, 2.24) is 5.32 Å². The van der Waals surface area contributed by atoms with E-state index in [2.05, 4.69) is 5.32 Å². The Kier molecular flexibility index (Phi) is 4.85. The molecule has 23 heavy (non-hydrogen) atoms. The average molecular weight is 315 g/mol. The second-order valence-electron chi connectivity index (χ2n) is 4.91. The molecular formula is C17H14FNO4. The molecule has 1 unspecified atom stereocenters. The first kappa shape index (κ1) is 16.4. The second-order valence-corrected chi connectivity index (χ2v) is 4.91. The van der Waals surface area contributed by atoms with Crippen molar-refractivity contribution >= 4 is 17.7 Å². The standard InChI is InChI=1S/C17H14FNO4/c1-10(20)19-15(17(22)23)11-5-4-6-12(9-11)16(21)13-7-2-3-8-14(13)18/h2-9,15H,1H3,(H,19,20)(H,22,23). The van der Waals surface area contributed by atoms with Crippen molar-refractivity contribution < 1.29 is 23.9 Å². The zero-order chi connectivity index (χ0) is 17.0. The number of carboxylic acid groups (broad SMARTS) is 1. The van der Waals surface area contributed by atoms with Gasteiger partial charge in [0.25, 0.3) is 0 Å². The summed E-state index contributed by atoms with van der Waals surface area (Å²) in [4.78, 5) is 34.8. The van der Waals surface area contributed by atoms with Crippen LogP contribution in [-0.4, -0.2) is 22.8 Å². The van der Waals surface area contributed by atoms with Crippen molar-refractivity contribution in [3.8, 4) is 0 Å². The van der Waals surface area contributed by atoms with Crippen LogP contribution in [0.2, 0.25) is 0 Å². The summed E-state index contributed by atoms with van der Waals surface area (Å²) in [5, 5.41) is 11.5. The maximum Gasteiger partial charge on any atom is 0.330 e. The summed E-state index contributed by atoms with van der Waals surface area (Å²) in [5.41, 5.74) is 0.273. The van der Waals surface area contributed by atoms with Gasteiger partial charge >= 0.3 is 5.97 Å². The number of carbonyl (C=O) groups excluding carboxylic acids is 2. The van der Waals surface area contributed by atoms with Gasteiger partial charge in [-0.2, -0.15) is 0 Å². The molecule has 0 fully saturated rings. The molecule has 0 heterocycles. The monoisotopic (exact) mass is 315 g/mol. The molecule has 118 valence electrons. The first-order valence-corrected chi connectivity index (χ1v) is 6.79. The minimum atomic E-state index is -1.28. The van der Waals surface area contributed by atoms with E-state index in [0.29, 0.717) is 0 Å². The molecule has 0 spiro atoms. The zero-order valence-electron chi connectivity index (χ0n) is 12.2. The number of carboxylic acids is 1. The maximum atomic E-state index is 13.7. The lowest BCUT2D eigenvalue weighted by atomic mass is 9.98. The molecule has 6 heteroatoms. The SMILES string of the molecule is CC(=O)NC(C(=O)O)c1cccc(C(=O)c2ccccc2F)c1. The summed E-state index contributed by atoms with van der Waals surface area (Å²) >= 11 is 0. The molecule has 0 bridgehead atoms. The number of nitrogens with one attached hydrogen (secondary N) is 1. The number of amides is 1. The molecule has 1 amide bonds. The molecule has 1 atom stereocenters. The zero-order valence-corrected chi connectivity index (χ0v) is 12.2. The topological polar surface area (TPSA) is 83.5 Å². The van der Waals surface area contributed by atoms with E-state index in [-0.39, 0.29) is 16.7 Å². The Morgan fingerprint density at radius 3 is 2.39 bits per heavy atom. The predicted octanol–water partition coefficient (Wildman–Crippen LogP) is 2.32. The van der Waals surface area contributed by atoms with Gasteiger partial charge in [0.2, 0.25) is 5.91 Å². The number of benzene rings is 2. The molecule has 0 saturated carbocycles. The van der Waals surface area contributed by atoms with Gasteiger partial charge in [-0.15, -0.1) is 0 Å². The fraction of sp³-hybridized carbons (Fsp3) is 0.118. The number of rotatable bonds is 5. The van der Waals surface area contributed by atoms with Crippen LogP contribution in [0.1, 0.15) is 34.5 Å². The van der Waals surface area contributed by atoms with Crippen LogP contribution < -0.4 is 5.32 Å². The fourth-order valence-electron chi connectivity index (χ4n) is 2.15. The summed E-state index contributed by atoms with van der Waals surface area (Å²) in [6.45, 7) is 1.20. The molecule has 2 aromatic carbocycles. The first-order valence-electron chi connectivity index (χ1n) is 6.79. The number of ketones is 1. The smallest absolute Gasteiger partial charge is 0.330 e.